The third kappa shape index (κ3) is 6.36. The molecule has 0 spiro atoms. The summed E-state index contributed by atoms with van der Waals surface area (Å²) in [6, 6.07) is 6.43. The Labute approximate surface area is 165 Å². The fourth-order valence-electron chi connectivity index (χ4n) is 2.99. The molecule has 1 fully saturated rings. The van der Waals surface area contributed by atoms with Crippen molar-refractivity contribution in [2.24, 2.45) is 0 Å². The van der Waals surface area contributed by atoms with Crippen LogP contribution in [0.15, 0.2) is 30.3 Å². The quantitative estimate of drug-likeness (QED) is 0.507. The second-order valence-electron chi connectivity index (χ2n) is 6.61. The van der Waals surface area contributed by atoms with Gasteiger partial charge in [-0.2, -0.15) is 0 Å². The molecule has 1 amide bonds. The van der Waals surface area contributed by atoms with Crippen LogP contribution in [0, 0.1) is 0 Å². The molecule has 148 valence electrons. The van der Waals surface area contributed by atoms with E-state index in [1.807, 2.05) is 13.8 Å². The predicted octanol–water partition coefficient (Wildman–Crippen LogP) is 2.71. The van der Waals surface area contributed by atoms with E-state index in [4.69, 9.17) is 16.3 Å². The van der Waals surface area contributed by atoms with E-state index >= 15 is 0 Å². The number of esters is 1. The fourth-order valence-corrected chi connectivity index (χ4v) is 4.83. The minimum atomic E-state index is -3.11. The van der Waals surface area contributed by atoms with Crippen molar-refractivity contribution >= 4 is 39.4 Å². The number of halogens is 1. The van der Waals surface area contributed by atoms with Gasteiger partial charge in [-0.1, -0.05) is 30.7 Å². The Morgan fingerprint density at radius 2 is 2.00 bits per heavy atom. The van der Waals surface area contributed by atoms with Crippen LogP contribution in [0.2, 0.25) is 5.02 Å². The highest BCUT2D eigenvalue weighted by atomic mass is 35.5. The van der Waals surface area contributed by atoms with Gasteiger partial charge in [0.2, 0.25) is 0 Å². The molecule has 0 bridgehead atoms. The van der Waals surface area contributed by atoms with Crippen molar-refractivity contribution in [3.63, 3.8) is 0 Å². The summed E-state index contributed by atoms with van der Waals surface area (Å²) >= 11 is 5.80. The molecule has 1 aliphatic rings. The van der Waals surface area contributed by atoms with Gasteiger partial charge in [-0.3, -0.25) is 4.79 Å². The molecule has 1 saturated heterocycles. The van der Waals surface area contributed by atoms with Crippen LogP contribution >= 0.6 is 11.6 Å². The van der Waals surface area contributed by atoms with Crippen molar-refractivity contribution in [2.75, 3.05) is 18.1 Å². The fraction of sp³-hybridized carbons (Fsp3) is 0.474. The average Bonchev–Trinajstić information content (AvgIpc) is 2.98. The molecule has 0 unspecified atom stereocenters. The molecule has 0 saturated carbocycles. The Morgan fingerprint density at radius 1 is 1.33 bits per heavy atom. The van der Waals surface area contributed by atoms with Crippen molar-refractivity contribution in [3.8, 4) is 0 Å². The van der Waals surface area contributed by atoms with Crippen LogP contribution in [0.25, 0.3) is 6.08 Å². The molecule has 8 heteroatoms. The zero-order valence-corrected chi connectivity index (χ0v) is 17.0. The Hall–Kier alpha value is -1.86. The highest BCUT2D eigenvalue weighted by Gasteiger charge is 2.36. The number of sulfone groups is 1. The molecule has 2 atom stereocenters. The van der Waals surface area contributed by atoms with Crippen molar-refractivity contribution in [3.05, 3.63) is 40.9 Å². The molecule has 1 aromatic rings. The minimum absolute atomic E-state index is 0.0342. The Kier molecular flexibility index (Phi) is 7.44. The lowest BCUT2D eigenvalue weighted by atomic mass is 10.1. The van der Waals surface area contributed by atoms with Crippen LogP contribution in [-0.2, 0) is 24.2 Å². The second-order valence-corrected chi connectivity index (χ2v) is 9.27. The largest absolute Gasteiger partial charge is 0.452 e. The van der Waals surface area contributed by atoms with E-state index in [1.165, 1.54) is 6.08 Å². The number of carbonyl (C=O) groups excluding carboxylic acids is 2. The summed E-state index contributed by atoms with van der Waals surface area (Å²) in [5.41, 5.74) is 0.778. The molecule has 0 aromatic heterocycles. The summed E-state index contributed by atoms with van der Waals surface area (Å²) in [6.07, 6.45) is 3.92. The van der Waals surface area contributed by atoms with Crippen LogP contribution in [0.4, 0.5) is 0 Å². The van der Waals surface area contributed by atoms with Crippen LogP contribution in [0.3, 0.4) is 0 Å². The number of ether oxygens (including phenoxy) is 1. The van der Waals surface area contributed by atoms with Gasteiger partial charge >= 0.3 is 5.97 Å². The highest BCUT2D eigenvalue weighted by Crippen LogP contribution is 2.21. The van der Waals surface area contributed by atoms with E-state index in [1.54, 1.807) is 35.2 Å². The zero-order valence-electron chi connectivity index (χ0n) is 15.4. The first-order valence-corrected chi connectivity index (χ1v) is 11.0. The van der Waals surface area contributed by atoms with Gasteiger partial charge in [-0.15, -0.1) is 0 Å². The Bertz CT molecular complexity index is 804. The number of benzene rings is 1. The van der Waals surface area contributed by atoms with E-state index in [0.29, 0.717) is 17.9 Å². The molecule has 27 heavy (non-hydrogen) atoms. The lowest BCUT2D eigenvalue weighted by molar-refractivity contribution is -0.150. The van der Waals surface area contributed by atoms with Gasteiger partial charge in [0, 0.05) is 23.2 Å². The third-order valence-electron chi connectivity index (χ3n) is 4.58. The first kappa shape index (κ1) is 21.4. The van der Waals surface area contributed by atoms with Crippen molar-refractivity contribution in [1.29, 1.82) is 0 Å². The second kappa shape index (κ2) is 9.37. The van der Waals surface area contributed by atoms with Gasteiger partial charge in [-0.05, 0) is 43.5 Å². The SMILES string of the molecule is CC[C@H](C)N(C(=O)COC(=O)/C=C/c1ccc(Cl)cc1)[C@H]1CCS(=O)(=O)C1. The van der Waals surface area contributed by atoms with Gasteiger partial charge in [0.1, 0.15) is 0 Å². The van der Waals surface area contributed by atoms with E-state index in [-0.39, 0.29) is 29.5 Å². The lowest BCUT2D eigenvalue weighted by Crippen LogP contribution is -2.48. The summed E-state index contributed by atoms with van der Waals surface area (Å²) in [7, 11) is -3.11. The van der Waals surface area contributed by atoms with Crippen LogP contribution in [-0.4, -0.2) is 55.4 Å². The standard InChI is InChI=1S/C19H24ClNO5S/c1-3-14(2)21(17-10-11-27(24,25)13-17)18(22)12-26-19(23)9-6-15-4-7-16(20)8-5-15/h4-9,14,17H,3,10-13H2,1-2H3/b9-6+/t14-,17-/m0/s1. The van der Waals surface area contributed by atoms with Crippen molar-refractivity contribution < 1.29 is 22.7 Å². The number of amides is 1. The van der Waals surface area contributed by atoms with Crippen LogP contribution in [0.5, 0.6) is 0 Å². The number of nitrogens with zero attached hydrogens (tertiary/aromatic N) is 1. The van der Waals surface area contributed by atoms with E-state index < -0.39 is 22.4 Å². The smallest absolute Gasteiger partial charge is 0.331 e. The normalized spacial score (nSPS) is 19.7. The molecule has 1 aliphatic heterocycles. The van der Waals surface area contributed by atoms with Gasteiger partial charge in [0.15, 0.2) is 16.4 Å². The third-order valence-corrected chi connectivity index (χ3v) is 6.58. The van der Waals surface area contributed by atoms with E-state index in [9.17, 15) is 18.0 Å². The molecule has 2 rings (SSSR count). The maximum atomic E-state index is 12.6. The molecule has 1 heterocycles. The lowest BCUT2D eigenvalue weighted by Gasteiger charge is -2.33. The minimum Gasteiger partial charge on any atom is -0.452 e. The van der Waals surface area contributed by atoms with E-state index in [2.05, 4.69) is 0 Å². The van der Waals surface area contributed by atoms with Crippen LogP contribution < -0.4 is 0 Å². The molecule has 0 N–H and O–H groups in total. The predicted molar refractivity (Wildman–Crippen MR) is 105 cm³/mol. The number of rotatable bonds is 7. The maximum absolute atomic E-state index is 12.6. The van der Waals surface area contributed by atoms with Gasteiger partial charge < -0.3 is 9.64 Å². The summed E-state index contributed by atoms with van der Waals surface area (Å²) in [4.78, 5) is 26.0. The number of carbonyl (C=O) groups is 2. The monoisotopic (exact) mass is 413 g/mol. The first-order valence-electron chi connectivity index (χ1n) is 8.84. The summed E-state index contributed by atoms with van der Waals surface area (Å²) in [5.74, 6) is -0.962. The van der Waals surface area contributed by atoms with Crippen LogP contribution in [0.1, 0.15) is 32.3 Å². The van der Waals surface area contributed by atoms with Gasteiger partial charge in [0.25, 0.3) is 5.91 Å². The summed E-state index contributed by atoms with van der Waals surface area (Å²) in [6.45, 7) is 3.38. The number of hydrogen-bond donors (Lipinski definition) is 0. The van der Waals surface area contributed by atoms with Gasteiger partial charge in [0.05, 0.1) is 11.5 Å². The Balaban J connectivity index is 1.94. The molecule has 1 aromatic carbocycles. The molecule has 0 aliphatic carbocycles. The number of hydrogen-bond acceptors (Lipinski definition) is 5. The first-order chi connectivity index (χ1) is 12.7. The van der Waals surface area contributed by atoms with Gasteiger partial charge in [-0.25, -0.2) is 13.2 Å². The summed E-state index contributed by atoms with van der Waals surface area (Å²) < 4.78 is 28.5. The zero-order chi connectivity index (χ0) is 20.0. The maximum Gasteiger partial charge on any atom is 0.331 e. The molecular weight excluding hydrogens is 390 g/mol. The van der Waals surface area contributed by atoms with Crippen molar-refractivity contribution in [2.45, 2.75) is 38.8 Å². The summed E-state index contributed by atoms with van der Waals surface area (Å²) in [5, 5.41) is 0.597. The topological polar surface area (TPSA) is 80.8 Å². The van der Waals surface area contributed by atoms with E-state index in [0.717, 1.165) is 5.56 Å². The van der Waals surface area contributed by atoms with Crippen molar-refractivity contribution in [1.82, 2.24) is 4.90 Å². The molecule has 6 nitrogen and oxygen atoms in total. The molecule has 0 radical (unpaired) electrons. The Morgan fingerprint density at radius 3 is 2.56 bits per heavy atom. The average molecular weight is 414 g/mol. The highest BCUT2D eigenvalue weighted by molar-refractivity contribution is 7.91. The molecular formula is C19H24ClNO5S.